The van der Waals surface area contributed by atoms with Crippen LogP contribution in [0.4, 0.5) is 0 Å². The Labute approximate surface area is 160 Å². The van der Waals surface area contributed by atoms with E-state index < -0.39 is 0 Å². The number of nitrogens with one attached hydrogen (secondary N) is 2. The number of amides is 2. The van der Waals surface area contributed by atoms with E-state index in [1.165, 1.54) is 0 Å². The van der Waals surface area contributed by atoms with Crippen molar-refractivity contribution in [3.05, 3.63) is 53.1 Å². The Morgan fingerprint density at radius 1 is 1.11 bits per heavy atom. The summed E-state index contributed by atoms with van der Waals surface area (Å²) < 4.78 is 1.92. The van der Waals surface area contributed by atoms with Crippen LogP contribution in [0, 0.1) is 5.92 Å². The fourth-order valence-corrected chi connectivity index (χ4v) is 3.31. The van der Waals surface area contributed by atoms with Crippen molar-refractivity contribution in [2.45, 2.75) is 52.6 Å². The van der Waals surface area contributed by atoms with Gasteiger partial charge < -0.3 is 15.2 Å². The second-order valence-electron chi connectivity index (χ2n) is 7.45. The highest BCUT2D eigenvalue weighted by Crippen LogP contribution is 2.21. The van der Waals surface area contributed by atoms with E-state index in [4.69, 9.17) is 0 Å². The molecule has 27 heavy (non-hydrogen) atoms. The van der Waals surface area contributed by atoms with Crippen molar-refractivity contribution in [3.63, 3.8) is 0 Å². The molecular formula is C21H28N4O2. The van der Waals surface area contributed by atoms with Gasteiger partial charge in [-0.05, 0) is 37.2 Å². The molecule has 0 atom stereocenters. The first-order chi connectivity index (χ1) is 13.1. The highest BCUT2D eigenvalue weighted by atomic mass is 16.2. The molecule has 3 rings (SSSR count). The number of fused-ring (bicyclic) bond motifs is 1. The van der Waals surface area contributed by atoms with Crippen molar-refractivity contribution in [3.8, 4) is 0 Å². The van der Waals surface area contributed by atoms with E-state index in [0.717, 1.165) is 43.5 Å². The lowest BCUT2D eigenvalue weighted by Crippen LogP contribution is -2.27. The Bertz CT molecular complexity index is 796. The van der Waals surface area contributed by atoms with Crippen LogP contribution in [-0.2, 0) is 19.5 Å². The molecule has 0 radical (unpaired) electrons. The Balaban J connectivity index is 1.74. The smallest absolute Gasteiger partial charge is 0.287 e. The Morgan fingerprint density at radius 2 is 1.89 bits per heavy atom. The molecule has 1 aliphatic heterocycles. The number of hydrogen-bond donors (Lipinski definition) is 2. The van der Waals surface area contributed by atoms with Gasteiger partial charge in [-0.15, -0.1) is 0 Å². The van der Waals surface area contributed by atoms with E-state index in [0.29, 0.717) is 30.5 Å². The molecule has 0 unspecified atom stereocenters. The minimum atomic E-state index is -0.233. The lowest BCUT2D eigenvalue weighted by atomic mass is 10.1. The lowest BCUT2D eigenvalue weighted by molar-refractivity contribution is 0.0935. The van der Waals surface area contributed by atoms with Crippen LogP contribution in [0.1, 0.15) is 65.5 Å². The minimum absolute atomic E-state index is 0.177. The van der Waals surface area contributed by atoms with E-state index in [2.05, 4.69) is 29.5 Å². The second kappa shape index (κ2) is 8.84. The standard InChI is InChI=1S/C21H28N4O2/c1-15(2)11-12-22-20(26)18-17-10-6-7-13-25(17)19(24-18)21(27)23-14-16-8-4-3-5-9-16/h3-5,8-9,15H,6-7,10-14H2,1-2H3,(H,22,26)(H,23,27). The summed E-state index contributed by atoms with van der Waals surface area (Å²) in [6.07, 6.45) is 3.72. The summed E-state index contributed by atoms with van der Waals surface area (Å²) in [6, 6.07) is 9.77. The Kier molecular flexibility index (Phi) is 6.27. The molecular weight excluding hydrogens is 340 g/mol. The SMILES string of the molecule is CC(C)CCNC(=O)c1nc(C(=O)NCc2ccccc2)n2c1CCCC2. The summed E-state index contributed by atoms with van der Waals surface area (Å²) in [5.74, 6) is 0.460. The molecule has 144 valence electrons. The maximum absolute atomic E-state index is 12.7. The summed E-state index contributed by atoms with van der Waals surface area (Å²) in [4.78, 5) is 29.7. The van der Waals surface area contributed by atoms with Crippen LogP contribution in [0.2, 0.25) is 0 Å². The topological polar surface area (TPSA) is 76.0 Å². The van der Waals surface area contributed by atoms with Gasteiger partial charge in [0, 0.05) is 19.6 Å². The van der Waals surface area contributed by atoms with E-state index in [9.17, 15) is 9.59 Å². The third-order valence-corrected chi connectivity index (χ3v) is 4.84. The molecule has 2 aromatic rings. The number of imidazole rings is 1. The van der Waals surface area contributed by atoms with Crippen molar-refractivity contribution >= 4 is 11.8 Å². The number of carbonyl (C=O) groups is 2. The highest BCUT2D eigenvalue weighted by molar-refractivity contribution is 5.97. The van der Waals surface area contributed by atoms with E-state index in [-0.39, 0.29) is 11.8 Å². The first-order valence-electron chi connectivity index (χ1n) is 9.76. The van der Waals surface area contributed by atoms with Gasteiger partial charge in [0.1, 0.15) is 5.69 Å². The van der Waals surface area contributed by atoms with Crippen LogP contribution in [0.25, 0.3) is 0 Å². The number of nitrogens with zero attached hydrogens (tertiary/aromatic N) is 2. The molecule has 0 saturated carbocycles. The molecule has 0 fully saturated rings. The van der Waals surface area contributed by atoms with E-state index >= 15 is 0 Å². The zero-order chi connectivity index (χ0) is 19.2. The lowest BCUT2D eigenvalue weighted by Gasteiger charge is -2.17. The van der Waals surface area contributed by atoms with Crippen molar-refractivity contribution in [2.24, 2.45) is 5.92 Å². The fourth-order valence-electron chi connectivity index (χ4n) is 3.31. The average molecular weight is 368 g/mol. The van der Waals surface area contributed by atoms with Crippen LogP contribution < -0.4 is 10.6 Å². The average Bonchev–Trinajstić information content (AvgIpc) is 3.06. The molecule has 0 saturated heterocycles. The molecule has 0 spiro atoms. The first kappa shape index (κ1) is 19.1. The zero-order valence-corrected chi connectivity index (χ0v) is 16.1. The van der Waals surface area contributed by atoms with Gasteiger partial charge in [-0.1, -0.05) is 44.2 Å². The number of hydrogen-bond acceptors (Lipinski definition) is 3. The predicted molar refractivity (Wildman–Crippen MR) is 105 cm³/mol. The Hall–Kier alpha value is -2.63. The van der Waals surface area contributed by atoms with Crippen LogP contribution in [0.3, 0.4) is 0 Å². The van der Waals surface area contributed by atoms with Gasteiger partial charge in [-0.25, -0.2) is 4.98 Å². The Morgan fingerprint density at radius 3 is 2.63 bits per heavy atom. The van der Waals surface area contributed by atoms with Gasteiger partial charge >= 0.3 is 0 Å². The minimum Gasteiger partial charge on any atom is -0.351 e. The van der Waals surface area contributed by atoms with Gasteiger partial charge in [-0.2, -0.15) is 0 Å². The normalized spacial score (nSPS) is 13.3. The maximum Gasteiger partial charge on any atom is 0.287 e. The number of aromatic nitrogens is 2. The molecule has 2 amide bonds. The number of rotatable bonds is 7. The summed E-state index contributed by atoms with van der Waals surface area (Å²) >= 11 is 0. The molecule has 6 nitrogen and oxygen atoms in total. The maximum atomic E-state index is 12.7. The number of benzene rings is 1. The van der Waals surface area contributed by atoms with E-state index in [1.54, 1.807) is 0 Å². The largest absolute Gasteiger partial charge is 0.351 e. The van der Waals surface area contributed by atoms with Crippen LogP contribution in [0.5, 0.6) is 0 Å². The van der Waals surface area contributed by atoms with Gasteiger partial charge in [0.05, 0.1) is 5.69 Å². The molecule has 0 aliphatic carbocycles. The third-order valence-electron chi connectivity index (χ3n) is 4.84. The zero-order valence-electron chi connectivity index (χ0n) is 16.1. The second-order valence-corrected chi connectivity index (χ2v) is 7.45. The van der Waals surface area contributed by atoms with E-state index in [1.807, 2.05) is 34.9 Å². The summed E-state index contributed by atoms with van der Waals surface area (Å²) in [7, 11) is 0. The highest BCUT2D eigenvalue weighted by Gasteiger charge is 2.27. The molecule has 2 N–H and O–H groups in total. The van der Waals surface area contributed by atoms with Crippen molar-refractivity contribution < 1.29 is 9.59 Å². The molecule has 0 bridgehead atoms. The summed E-state index contributed by atoms with van der Waals surface area (Å²) in [6.45, 7) is 6.05. The fraction of sp³-hybridized carbons (Fsp3) is 0.476. The van der Waals surface area contributed by atoms with Crippen molar-refractivity contribution in [1.29, 1.82) is 0 Å². The van der Waals surface area contributed by atoms with Crippen LogP contribution in [-0.4, -0.2) is 27.9 Å². The van der Waals surface area contributed by atoms with Gasteiger partial charge in [0.15, 0.2) is 5.82 Å². The molecule has 1 aromatic heterocycles. The summed E-state index contributed by atoms with van der Waals surface area (Å²) in [5, 5.41) is 5.87. The first-order valence-corrected chi connectivity index (χ1v) is 9.76. The molecule has 1 aromatic carbocycles. The third kappa shape index (κ3) is 4.76. The predicted octanol–water partition coefficient (Wildman–Crippen LogP) is 2.93. The molecule has 6 heteroatoms. The monoisotopic (exact) mass is 368 g/mol. The van der Waals surface area contributed by atoms with Crippen LogP contribution in [0.15, 0.2) is 30.3 Å². The van der Waals surface area contributed by atoms with Crippen molar-refractivity contribution in [2.75, 3.05) is 6.54 Å². The molecule has 2 heterocycles. The van der Waals surface area contributed by atoms with Crippen molar-refractivity contribution in [1.82, 2.24) is 20.2 Å². The van der Waals surface area contributed by atoms with Crippen LogP contribution >= 0.6 is 0 Å². The van der Waals surface area contributed by atoms with Gasteiger partial charge in [0.25, 0.3) is 11.8 Å². The van der Waals surface area contributed by atoms with Gasteiger partial charge in [-0.3, -0.25) is 9.59 Å². The number of carbonyl (C=O) groups excluding carboxylic acids is 2. The quantitative estimate of drug-likeness (QED) is 0.789. The summed E-state index contributed by atoms with van der Waals surface area (Å²) in [5.41, 5.74) is 2.32. The van der Waals surface area contributed by atoms with Gasteiger partial charge in [0.2, 0.25) is 0 Å². The molecule has 1 aliphatic rings.